The number of aryl methyl sites for hydroxylation is 1. The summed E-state index contributed by atoms with van der Waals surface area (Å²) in [6, 6.07) is 9.79. The first-order valence-corrected chi connectivity index (χ1v) is 14.3. The van der Waals surface area contributed by atoms with Gasteiger partial charge < -0.3 is 15.8 Å². The van der Waals surface area contributed by atoms with Gasteiger partial charge in [-0.15, -0.1) is 0 Å². The van der Waals surface area contributed by atoms with Crippen molar-refractivity contribution in [3.8, 4) is 0 Å². The van der Waals surface area contributed by atoms with Crippen LogP contribution in [0.2, 0.25) is 0 Å². The fourth-order valence-electron chi connectivity index (χ4n) is 8.40. The summed E-state index contributed by atoms with van der Waals surface area (Å²) in [6.07, 6.45) is 11.1. The lowest BCUT2D eigenvalue weighted by Crippen LogP contribution is -2.65. The predicted molar refractivity (Wildman–Crippen MR) is 143 cm³/mol. The molecular weight excluding hydrogens is 481 g/mol. The molecule has 1 amide bonds. The number of alkyl halides is 1. The van der Waals surface area contributed by atoms with E-state index in [2.05, 4.69) is 23.0 Å². The van der Waals surface area contributed by atoms with E-state index in [4.69, 9.17) is 10.8 Å². The summed E-state index contributed by atoms with van der Waals surface area (Å²) in [7, 11) is 2.09. The molecule has 7 aliphatic carbocycles. The average Bonchev–Trinajstić information content (AvgIpc) is 3.67. The highest BCUT2D eigenvalue weighted by molar-refractivity contribution is 6.00. The van der Waals surface area contributed by atoms with E-state index in [9.17, 15) is 14.4 Å². The van der Waals surface area contributed by atoms with Crippen LogP contribution in [0.1, 0.15) is 99.9 Å². The Morgan fingerprint density at radius 3 is 2.42 bits per heavy atom. The number of amides is 1. The largest absolute Gasteiger partial charge is 0.409 e. The van der Waals surface area contributed by atoms with Gasteiger partial charge >= 0.3 is 0 Å². The van der Waals surface area contributed by atoms with Crippen LogP contribution in [-0.2, 0) is 17.3 Å². The van der Waals surface area contributed by atoms with Gasteiger partial charge in [0.05, 0.1) is 5.69 Å². The Labute approximate surface area is 223 Å². The summed E-state index contributed by atoms with van der Waals surface area (Å²) in [4.78, 5) is 15.8. The van der Waals surface area contributed by atoms with Gasteiger partial charge in [-0.25, -0.2) is 4.39 Å². The highest BCUT2D eigenvalue weighted by Crippen LogP contribution is 2.71. The zero-order valence-electron chi connectivity index (χ0n) is 22.3. The predicted octanol–water partition coefficient (Wildman–Crippen LogP) is 5.30. The van der Waals surface area contributed by atoms with Crippen molar-refractivity contribution in [2.75, 3.05) is 11.4 Å². The van der Waals surface area contributed by atoms with Crippen molar-refractivity contribution in [2.24, 2.45) is 28.8 Å². The molecule has 4 bridgehead atoms. The first-order valence-electron chi connectivity index (χ1n) is 14.3. The number of rotatable bonds is 8. The molecule has 7 nitrogen and oxygen atoms in total. The zero-order valence-corrected chi connectivity index (χ0v) is 22.3. The third-order valence-electron chi connectivity index (χ3n) is 10.8. The van der Waals surface area contributed by atoms with Crippen LogP contribution in [0, 0.1) is 10.8 Å². The molecule has 0 unspecified atom stereocenters. The number of benzene rings is 1. The van der Waals surface area contributed by atoms with E-state index in [1.54, 1.807) is 6.07 Å². The number of halogens is 1. The monoisotopic (exact) mass is 519 g/mol. The summed E-state index contributed by atoms with van der Waals surface area (Å²) < 4.78 is 16.3. The quantitative estimate of drug-likeness (QED) is 0.214. The van der Waals surface area contributed by atoms with Gasteiger partial charge in [0.2, 0.25) is 5.91 Å². The van der Waals surface area contributed by atoms with Crippen molar-refractivity contribution in [2.45, 2.75) is 94.1 Å². The maximum atomic E-state index is 14.2. The number of hydrogen-bond acceptors (Lipinski definition) is 4. The van der Waals surface area contributed by atoms with E-state index < -0.39 is 5.67 Å². The van der Waals surface area contributed by atoms with Gasteiger partial charge in [0, 0.05) is 48.3 Å². The van der Waals surface area contributed by atoms with Crippen LogP contribution in [0.15, 0.2) is 35.5 Å². The molecule has 1 aromatic carbocycles. The number of nitrogens with zero attached hydrogens (tertiary/aromatic N) is 4. The minimum absolute atomic E-state index is 0.0252. The molecule has 0 aliphatic heterocycles. The number of aromatic nitrogens is 2. The Morgan fingerprint density at radius 1 is 1.13 bits per heavy atom. The van der Waals surface area contributed by atoms with Gasteiger partial charge in [-0.2, -0.15) is 5.10 Å². The SMILES string of the molecule is Cn1nc(C23CCC(CN(C(=O)CC45CC(F)(C4)C5)c4cccc(/C(N)=N\O)c4)(CC2)CC3)cc1C1CC1. The van der Waals surface area contributed by atoms with Crippen LogP contribution >= 0.6 is 0 Å². The molecule has 8 heteroatoms. The Hall–Kier alpha value is -2.90. The first kappa shape index (κ1) is 24.2. The summed E-state index contributed by atoms with van der Waals surface area (Å²) in [6.45, 7) is 0.661. The second kappa shape index (κ2) is 8.06. The average molecular weight is 520 g/mol. The van der Waals surface area contributed by atoms with E-state index in [-0.39, 0.29) is 28.0 Å². The summed E-state index contributed by atoms with van der Waals surface area (Å²) in [5.74, 6) is 0.786. The Morgan fingerprint density at radius 2 is 1.82 bits per heavy atom. The summed E-state index contributed by atoms with van der Waals surface area (Å²) in [5.41, 5.74) is 8.97. The standard InChI is InChI=1S/C30H38FN5O2/c1-35-23(20-5-6-20)14-24(33-35)29-10-7-27(8-11-29,9-12-29)19-36(22-4-2-3-21(13-22)26(32)34-38)25(37)15-28-16-30(31,17-28)18-28/h2-4,13-14,20,38H,5-12,15-19H2,1H3,(H2,32,34). The van der Waals surface area contributed by atoms with Crippen molar-refractivity contribution in [3.63, 3.8) is 0 Å². The minimum Gasteiger partial charge on any atom is -0.409 e. The van der Waals surface area contributed by atoms with Crippen LogP contribution in [0.3, 0.4) is 0 Å². The van der Waals surface area contributed by atoms with Gasteiger partial charge in [-0.05, 0) is 99.7 Å². The number of anilines is 1. The van der Waals surface area contributed by atoms with Gasteiger partial charge in [0.15, 0.2) is 5.84 Å². The molecule has 1 heterocycles. The highest BCUT2D eigenvalue weighted by atomic mass is 19.1. The van der Waals surface area contributed by atoms with Crippen molar-refractivity contribution in [1.29, 1.82) is 0 Å². The van der Waals surface area contributed by atoms with Crippen molar-refractivity contribution >= 4 is 17.4 Å². The molecule has 7 saturated carbocycles. The lowest BCUT2D eigenvalue weighted by molar-refractivity contribution is -0.215. The third kappa shape index (κ3) is 3.77. The molecule has 202 valence electrons. The number of hydrogen-bond donors (Lipinski definition) is 2. The molecule has 38 heavy (non-hydrogen) atoms. The molecule has 7 fully saturated rings. The number of amidine groups is 1. The molecule has 2 aromatic rings. The van der Waals surface area contributed by atoms with Crippen LogP contribution in [0.25, 0.3) is 0 Å². The van der Waals surface area contributed by atoms with E-state index >= 15 is 0 Å². The number of nitrogens with two attached hydrogens (primary N) is 1. The summed E-state index contributed by atoms with van der Waals surface area (Å²) >= 11 is 0. The van der Waals surface area contributed by atoms with Gasteiger partial charge in [-0.3, -0.25) is 9.48 Å². The fourth-order valence-corrected chi connectivity index (χ4v) is 8.40. The smallest absolute Gasteiger partial charge is 0.227 e. The number of oxime groups is 1. The van der Waals surface area contributed by atoms with Crippen LogP contribution in [0.5, 0.6) is 0 Å². The minimum atomic E-state index is -1.02. The number of carbonyl (C=O) groups is 1. The lowest BCUT2D eigenvalue weighted by Gasteiger charge is -2.66. The Bertz CT molecular complexity index is 1280. The van der Waals surface area contributed by atoms with Crippen molar-refractivity contribution in [3.05, 3.63) is 47.3 Å². The molecule has 9 rings (SSSR count). The highest BCUT2D eigenvalue weighted by Gasteiger charge is 2.69. The van der Waals surface area contributed by atoms with Crippen molar-refractivity contribution in [1.82, 2.24) is 9.78 Å². The van der Waals surface area contributed by atoms with Crippen LogP contribution in [-0.4, -0.2) is 38.9 Å². The van der Waals surface area contributed by atoms with Gasteiger partial charge in [0.1, 0.15) is 5.67 Å². The van der Waals surface area contributed by atoms with Crippen molar-refractivity contribution < 1.29 is 14.4 Å². The van der Waals surface area contributed by atoms with E-state index in [0.29, 0.717) is 43.7 Å². The topological polar surface area (TPSA) is 96.7 Å². The molecule has 0 spiro atoms. The normalized spacial score (nSPS) is 35.5. The van der Waals surface area contributed by atoms with E-state index in [0.717, 1.165) is 44.2 Å². The van der Waals surface area contributed by atoms with Crippen LogP contribution < -0.4 is 10.6 Å². The van der Waals surface area contributed by atoms with E-state index in [1.807, 2.05) is 23.1 Å². The number of carbonyl (C=O) groups excluding carboxylic acids is 1. The zero-order chi connectivity index (χ0) is 26.3. The molecule has 0 saturated heterocycles. The maximum absolute atomic E-state index is 14.2. The third-order valence-corrected chi connectivity index (χ3v) is 10.8. The van der Waals surface area contributed by atoms with E-state index in [1.165, 1.54) is 24.2 Å². The molecular formula is C30H38FN5O2. The molecule has 0 atom stereocenters. The maximum Gasteiger partial charge on any atom is 0.227 e. The molecule has 0 radical (unpaired) electrons. The fraction of sp³-hybridized carbons (Fsp3) is 0.633. The second-order valence-electron chi connectivity index (χ2n) is 13.5. The molecule has 3 N–H and O–H groups in total. The Balaban J connectivity index is 1.13. The second-order valence-corrected chi connectivity index (χ2v) is 13.5. The summed E-state index contributed by atoms with van der Waals surface area (Å²) in [5, 5.41) is 17.4. The Kier molecular flexibility index (Phi) is 5.12. The van der Waals surface area contributed by atoms with Gasteiger partial charge in [-0.1, -0.05) is 17.3 Å². The first-order chi connectivity index (χ1) is 18.2. The molecule has 7 aliphatic rings. The molecule has 1 aromatic heterocycles. The number of fused-ring (bicyclic) bond motifs is 3. The van der Waals surface area contributed by atoms with Crippen LogP contribution in [0.4, 0.5) is 10.1 Å². The lowest BCUT2D eigenvalue weighted by atomic mass is 9.41. The van der Waals surface area contributed by atoms with Gasteiger partial charge in [0.25, 0.3) is 0 Å².